The minimum absolute atomic E-state index is 0.123. The molecule has 3 aromatic rings. The van der Waals surface area contributed by atoms with Gasteiger partial charge in [0.1, 0.15) is 11.5 Å². The fourth-order valence-corrected chi connectivity index (χ4v) is 4.25. The molecule has 0 aliphatic carbocycles. The van der Waals surface area contributed by atoms with Crippen LogP contribution in [0.4, 0.5) is 5.69 Å². The topological polar surface area (TPSA) is 74.6 Å². The van der Waals surface area contributed by atoms with Crippen molar-refractivity contribution in [3.05, 3.63) is 95.1 Å². The van der Waals surface area contributed by atoms with Gasteiger partial charge in [-0.2, -0.15) is 0 Å². The lowest BCUT2D eigenvalue weighted by Crippen LogP contribution is -2.36. The van der Waals surface area contributed by atoms with Crippen LogP contribution in [-0.2, 0) is 4.79 Å². The maximum Gasteiger partial charge on any atom is 0.268 e. The van der Waals surface area contributed by atoms with Crippen LogP contribution >= 0.6 is 0 Å². The van der Waals surface area contributed by atoms with Crippen molar-refractivity contribution in [3.8, 4) is 0 Å². The van der Waals surface area contributed by atoms with Gasteiger partial charge < -0.3 is 20.0 Å². The zero-order valence-electron chi connectivity index (χ0n) is 20.6. The second-order valence-corrected chi connectivity index (χ2v) is 9.35. The number of aryl methyl sites for hydroxylation is 1. The van der Waals surface area contributed by atoms with E-state index in [-0.39, 0.29) is 23.6 Å². The Labute approximate surface area is 207 Å². The largest absolute Gasteiger partial charge is 0.465 e. The molecule has 6 nitrogen and oxygen atoms in total. The Kier molecular flexibility index (Phi) is 7.70. The van der Waals surface area contributed by atoms with Crippen molar-refractivity contribution >= 4 is 23.6 Å². The molecular formula is C29H33N3O3. The standard InChI is InChI=1S/C29H33N3O3/c1-20-13-15-32(16-14-20)25-11-9-23(10-12-25)22(3)30-29(34)27(19-26-8-5-17-35-26)31-28(33)24-7-4-6-21(2)18-24/h4-12,17-20,22H,13-16H2,1-3H3,(H,30,34)(H,31,33)/b27-19-. The first-order valence-electron chi connectivity index (χ1n) is 12.2. The third-order valence-corrected chi connectivity index (χ3v) is 6.49. The summed E-state index contributed by atoms with van der Waals surface area (Å²) in [7, 11) is 0. The predicted molar refractivity (Wildman–Crippen MR) is 139 cm³/mol. The number of rotatable bonds is 7. The lowest BCUT2D eigenvalue weighted by Gasteiger charge is -2.32. The Balaban J connectivity index is 1.45. The van der Waals surface area contributed by atoms with Gasteiger partial charge in [-0.15, -0.1) is 0 Å². The first-order valence-corrected chi connectivity index (χ1v) is 12.2. The maximum absolute atomic E-state index is 13.2. The molecule has 1 aromatic heterocycles. The smallest absolute Gasteiger partial charge is 0.268 e. The third-order valence-electron chi connectivity index (χ3n) is 6.49. The second-order valence-electron chi connectivity index (χ2n) is 9.35. The van der Waals surface area contributed by atoms with E-state index in [1.807, 2.05) is 26.0 Å². The molecule has 0 saturated carbocycles. The van der Waals surface area contributed by atoms with E-state index >= 15 is 0 Å². The molecule has 4 rings (SSSR count). The minimum atomic E-state index is -0.385. The van der Waals surface area contributed by atoms with Gasteiger partial charge in [-0.05, 0) is 74.6 Å². The van der Waals surface area contributed by atoms with Crippen molar-refractivity contribution in [2.75, 3.05) is 18.0 Å². The number of furan rings is 1. The van der Waals surface area contributed by atoms with Crippen LogP contribution in [-0.4, -0.2) is 24.9 Å². The molecule has 2 aromatic carbocycles. The highest BCUT2D eigenvalue weighted by Crippen LogP contribution is 2.24. The minimum Gasteiger partial charge on any atom is -0.465 e. The van der Waals surface area contributed by atoms with Crippen molar-refractivity contribution in [2.24, 2.45) is 5.92 Å². The first-order chi connectivity index (χ1) is 16.9. The number of hydrogen-bond donors (Lipinski definition) is 2. The lowest BCUT2D eigenvalue weighted by molar-refractivity contribution is -0.118. The number of carbonyl (C=O) groups excluding carboxylic acids is 2. The molecule has 1 aliphatic heterocycles. The number of nitrogens with one attached hydrogen (secondary N) is 2. The summed E-state index contributed by atoms with van der Waals surface area (Å²) in [6, 6.07) is 18.8. The molecular weight excluding hydrogens is 438 g/mol. The van der Waals surface area contributed by atoms with E-state index in [1.54, 1.807) is 24.3 Å². The number of piperidine rings is 1. The fraction of sp³-hybridized carbons (Fsp3) is 0.310. The SMILES string of the molecule is Cc1cccc(C(=O)N/C(=C\c2ccco2)C(=O)NC(C)c2ccc(N3CCC(C)CC3)cc2)c1. The molecule has 2 amide bonds. The summed E-state index contributed by atoms with van der Waals surface area (Å²) in [5.74, 6) is 0.529. The van der Waals surface area contributed by atoms with Gasteiger partial charge in [0, 0.05) is 30.4 Å². The quantitative estimate of drug-likeness (QED) is 0.448. The Morgan fingerprint density at radius 3 is 2.46 bits per heavy atom. The van der Waals surface area contributed by atoms with Gasteiger partial charge in [0.15, 0.2) is 0 Å². The normalized spacial score (nSPS) is 15.5. The summed E-state index contributed by atoms with van der Waals surface area (Å²) >= 11 is 0. The van der Waals surface area contributed by atoms with E-state index in [2.05, 4.69) is 46.7 Å². The van der Waals surface area contributed by atoms with E-state index in [4.69, 9.17) is 4.42 Å². The summed E-state index contributed by atoms with van der Waals surface area (Å²) in [4.78, 5) is 28.4. The van der Waals surface area contributed by atoms with Crippen molar-refractivity contribution in [1.29, 1.82) is 0 Å². The highest BCUT2D eigenvalue weighted by molar-refractivity contribution is 6.05. The van der Waals surface area contributed by atoms with Crippen LogP contribution in [0.1, 0.15) is 60.0 Å². The number of hydrogen-bond acceptors (Lipinski definition) is 4. The van der Waals surface area contributed by atoms with Crippen molar-refractivity contribution in [3.63, 3.8) is 0 Å². The fourth-order valence-electron chi connectivity index (χ4n) is 4.25. The van der Waals surface area contributed by atoms with Crippen LogP contribution in [0.15, 0.2) is 77.0 Å². The lowest BCUT2D eigenvalue weighted by atomic mass is 9.98. The third kappa shape index (κ3) is 6.41. The summed E-state index contributed by atoms with van der Waals surface area (Å²) < 4.78 is 5.38. The molecule has 1 saturated heterocycles. The molecule has 182 valence electrons. The summed E-state index contributed by atoms with van der Waals surface area (Å²) in [6.07, 6.45) is 5.49. The highest BCUT2D eigenvalue weighted by Gasteiger charge is 2.19. The monoisotopic (exact) mass is 471 g/mol. The van der Waals surface area contributed by atoms with E-state index < -0.39 is 0 Å². The molecule has 1 atom stereocenters. The van der Waals surface area contributed by atoms with Crippen molar-refractivity contribution < 1.29 is 14.0 Å². The summed E-state index contributed by atoms with van der Waals surface area (Å²) in [6.45, 7) is 8.32. The number of carbonyl (C=O) groups is 2. The number of nitrogens with zero attached hydrogens (tertiary/aromatic N) is 1. The number of anilines is 1. The van der Waals surface area contributed by atoms with E-state index in [1.165, 1.54) is 30.9 Å². The van der Waals surface area contributed by atoms with Crippen LogP contribution in [0.25, 0.3) is 6.08 Å². The average Bonchev–Trinajstić information content (AvgIpc) is 3.37. The van der Waals surface area contributed by atoms with Gasteiger partial charge in [0.2, 0.25) is 0 Å². The van der Waals surface area contributed by atoms with Gasteiger partial charge in [0.05, 0.1) is 12.3 Å². The van der Waals surface area contributed by atoms with Gasteiger partial charge in [0.25, 0.3) is 11.8 Å². The predicted octanol–water partition coefficient (Wildman–Crippen LogP) is 5.47. The molecule has 1 aliphatic rings. The second kappa shape index (κ2) is 11.1. The average molecular weight is 472 g/mol. The van der Waals surface area contributed by atoms with Gasteiger partial charge in [-0.25, -0.2) is 0 Å². The van der Waals surface area contributed by atoms with Crippen LogP contribution in [0, 0.1) is 12.8 Å². The summed E-state index contributed by atoms with van der Waals surface area (Å²) in [5.41, 5.74) is 3.78. The van der Waals surface area contributed by atoms with Crippen molar-refractivity contribution in [2.45, 2.75) is 39.7 Å². The van der Waals surface area contributed by atoms with Gasteiger partial charge >= 0.3 is 0 Å². The Morgan fingerprint density at radius 1 is 1.06 bits per heavy atom. The Bertz CT molecular complexity index is 1170. The van der Waals surface area contributed by atoms with Gasteiger partial charge in [-0.1, -0.05) is 36.8 Å². The number of benzene rings is 2. The van der Waals surface area contributed by atoms with E-state index in [0.29, 0.717) is 11.3 Å². The molecule has 2 heterocycles. The van der Waals surface area contributed by atoms with Crippen LogP contribution in [0.2, 0.25) is 0 Å². The van der Waals surface area contributed by atoms with Crippen LogP contribution in [0.3, 0.4) is 0 Å². The molecule has 2 N–H and O–H groups in total. The molecule has 0 spiro atoms. The van der Waals surface area contributed by atoms with Crippen LogP contribution < -0.4 is 15.5 Å². The Hall–Kier alpha value is -3.80. The van der Waals surface area contributed by atoms with Gasteiger partial charge in [-0.3, -0.25) is 9.59 Å². The maximum atomic E-state index is 13.2. The molecule has 6 heteroatoms. The zero-order chi connectivity index (χ0) is 24.8. The molecule has 0 bridgehead atoms. The molecule has 0 radical (unpaired) electrons. The van der Waals surface area contributed by atoms with E-state index in [9.17, 15) is 9.59 Å². The number of amides is 2. The van der Waals surface area contributed by atoms with E-state index in [0.717, 1.165) is 30.1 Å². The molecule has 1 unspecified atom stereocenters. The molecule has 35 heavy (non-hydrogen) atoms. The first kappa shape index (κ1) is 24.3. The van der Waals surface area contributed by atoms with Crippen LogP contribution in [0.5, 0.6) is 0 Å². The Morgan fingerprint density at radius 2 is 1.80 bits per heavy atom. The van der Waals surface area contributed by atoms with Crippen molar-refractivity contribution in [1.82, 2.24) is 10.6 Å². The summed E-state index contributed by atoms with van der Waals surface area (Å²) in [5, 5.41) is 5.76. The zero-order valence-corrected chi connectivity index (χ0v) is 20.6. The highest BCUT2D eigenvalue weighted by atomic mass is 16.3. The molecule has 1 fully saturated rings.